The molecule has 13 heavy (non-hydrogen) atoms. The lowest BCUT2D eigenvalue weighted by atomic mass is 10.0. The fraction of sp³-hybridized carbons (Fsp3) is 0.273. The Bertz CT molecular complexity index is 303. The molecular formula is C11H15N2. The molecule has 0 amide bonds. The predicted octanol–water partition coefficient (Wildman–Crippen LogP) is 2.13. The zero-order valence-electron chi connectivity index (χ0n) is 8.09. The summed E-state index contributed by atoms with van der Waals surface area (Å²) in [7, 11) is 0. The molecule has 2 heteroatoms. The molecule has 0 saturated heterocycles. The van der Waals surface area contributed by atoms with Gasteiger partial charge in [-0.1, -0.05) is 32.0 Å². The summed E-state index contributed by atoms with van der Waals surface area (Å²) in [6.07, 6.45) is 0.959. The number of rotatable bonds is 3. The van der Waals surface area contributed by atoms with Crippen molar-refractivity contribution in [3.8, 4) is 0 Å². The average molecular weight is 175 g/mol. The molecule has 1 rings (SSSR count). The van der Waals surface area contributed by atoms with Crippen molar-refractivity contribution in [3.63, 3.8) is 0 Å². The van der Waals surface area contributed by atoms with Crippen LogP contribution in [0.15, 0.2) is 24.3 Å². The molecule has 0 spiro atoms. The van der Waals surface area contributed by atoms with Gasteiger partial charge >= 0.3 is 0 Å². The highest BCUT2D eigenvalue weighted by Gasteiger charge is 2.00. The molecule has 0 heterocycles. The highest BCUT2D eigenvalue weighted by Crippen LogP contribution is 2.11. The first kappa shape index (κ1) is 9.78. The summed E-state index contributed by atoms with van der Waals surface area (Å²) in [5.74, 6) is 1.50. The van der Waals surface area contributed by atoms with Crippen molar-refractivity contribution in [2.75, 3.05) is 0 Å². The number of hydrogen-bond donors (Lipinski definition) is 2. The first-order chi connectivity index (χ1) is 6.09. The van der Waals surface area contributed by atoms with Crippen LogP contribution in [0.1, 0.15) is 25.0 Å². The Labute approximate surface area is 79.3 Å². The predicted molar refractivity (Wildman–Crippen MR) is 55.8 cm³/mol. The zero-order chi connectivity index (χ0) is 9.84. The fourth-order valence-electron chi connectivity index (χ4n) is 1.26. The lowest BCUT2D eigenvalue weighted by Gasteiger charge is -2.05. The largest absolute Gasteiger partial charge is 0.384 e. The van der Waals surface area contributed by atoms with Crippen molar-refractivity contribution < 1.29 is 0 Å². The van der Waals surface area contributed by atoms with Gasteiger partial charge in [-0.3, -0.25) is 5.41 Å². The van der Waals surface area contributed by atoms with Crippen LogP contribution in [0.2, 0.25) is 0 Å². The summed E-state index contributed by atoms with van der Waals surface area (Å²) >= 11 is 0. The van der Waals surface area contributed by atoms with Crippen LogP contribution < -0.4 is 5.73 Å². The molecule has 0 aliphatic heterocycles. The maximum Gasteiger partial charge on any atom is 0.122 e. The van der Waals surface area contributed by atoms with Crippen LogP contribution in [0, 0.1) is 11.3 Å². The van der Waals surface area contributed by atoms with Crippen molar-refractivity contribution >= 4 is 5.84 Å². The van der Waals surface area contributed by atoms with E-state index in [4.69, 9.17) is 11.1 Å². The smallest absolute Gasteiger partial charge is 0.122 e. The topological polar surface area (TPSA) is 49.9 Å². The van der Waals surface area contributed by atoms with E-state index < -0.39 is 0 Å². The molecule has 1 aromatic carbocycles. The van der Waals surface area contributed by atoms with Gasteiger partial charge in [-0.15, -0.1) is 0 Å². The average Bonchev–Trinajstić information content (AvgIpc) is 2.03. The molecule has 0 bridgehead atoms. The third-order valence-corrected chi connectivity index (χ3v) is 1.80. The van der Waals surface area contributed by atoms with E-state index in [-0.39, 0.29) is 5.84 Å². The minimum Gasteiger partial charge on any atom is -0.384 e. The van der Waals surface area contributed by atoms with E-state index in [1.54, 1.807) is 0 Å². The van der Waals surface area contributed by atoms with Gasteiger partial charge in [-0.2, -0.15) is 0 Å². The molecule has 0 aliphatic carbocycles. The van der Waals surface area contributed by atoms with E-state index in [2.05, 4.69) is 19.9 Å². The number of nitrogen functional groups attached to an aromatic ring is 1. The highest BCUT2D eigenvalue weighted by molar-refractivity contribution is 5.95. The first-order valence-corrected chi connectivity index (χ1v) is 4.32. The minimum absolute atomic E-state index is 0.135. The Morgan fingerprint density at radius 1 is 1.38 bits per heavy atom. The number of nitrogens with two attached hydrogens (primary N) is 1. The summed E-state index contributed by atoms with van der Waals surface area (Å²) in [5.41, 5.74) is 7.41. The van der Waals surface area contributed by atoms with Gasteiger partial charge in [-0.05, 0) is 24.0 Å². The van der Waals surface area contributed by atoms with Gasteiger partial charge in [0.15, 0.2) is 0 Å². The Morgan fingerprint density at radius 2 is 2.08 bits per heavy atom. The van der Waals surface area contributed by atoms with Gasteiger partial charge < -0.3 is 5.73 Å². The van der Waals surface area contributed by atoms with Crippen molar-refractivity contribution in [2.45, 2.75) is 20.3 Å². The molecule has 1 radical (unpaired) electrons. The van der Waals surface area contributed by atoms with Crippen LogP contribution in [0.3, 0.4) is 0 Å². The molecule has 3 N–H and O–H groups in total. The summed E-state index contributed by atoms with van der Waals surface area (Å²) in [6.45, 7) is 4.20. The standard InChI is InChI=1S/C11H15N2/c1-8(2)6-9-4-3-5-10(7-9)11(12)13/h3-5,7H,6H2,1-2H3,(H3,12,13). The molecule has 0 atom stereocenters. The van der Waals surface area contributed by atoms with E-state index >= 15 is 0 Å². The van der Waals surface area contributed by atoms with Gasteiger partial charge in [0.25, 0.3) is 0 Å². The van der Waals surface area contributed by atoms with Gasteiger partial charge in [0, 0.05) is 5.56 Å². The van der Waals surface area contributed by atoms with Crippen LogP contribution in [0.25, 0.3) is 0 Å². The Morgan fingerprint density at radius 3 is 2.62 bits per heavy atom. The number of amidine groups is 1. The second kappa shape index (κ2) is 4.08. The fourth-order valence-corrected chi connectivity index (χ4v) is 1.26. The molecule has 2 nitrogen and oxygen atoms in total. The normalized spacial score (nSPS) is 10.4. The Hall–Kier alpha value is -1.31. The third kappa shape index (κ3) is 2.90. The van der Waals surface area contributed by atoms with E-state index in [0.717, 1.165) is 12.0 Å². The van der Waals surface area contributed by atoms with Gasteiger partial charge in [0.05, 0.1) is 0 Å². The molecule has 0 saturated carbocycles. The molecule has 1 aromatic rings. The molecule has 0 unspecified atom stereocenters. The van der Waals surface area contributed by atoms with Crippen LogP contribution >= 0.6 is 0 Å². The number of hydrogen-bond acceptors (Lipinski definition) is 1. The second-order valence-electron chi connectivity index (χ2n) is 3.50. The first-order valence-electron chi connectivity index (χ1n) is 4.32. The summed E-state index contributed by atoms with van der Waals surface area (Å²) in [5, 5.41) is 7.29. The van der Waals surface area contributed by atoms with Crippen LogP contribution in [-0.4, -0.2) is 5.84 Å². The van der Waals surface area contributed by atoms with Crippen LogP contribution in [-0.2, 0) is 6.42 Å². The third-order valence-electron chi connectivity index (χ3n) is 1.80. The Balaban J connectivity index is 2.85. The second-order valence-corrected chi connectivity index (χ2v) is 3.50. The maximum absolute atomic E-state index is 7.29. The van der Waals surface area contributed by atoms with Gasteiger partial charge in [0.2, 0.25) is 0 Å². The lowest BCUT2D eigenvalue weighted by Crippen LogP contribution is -2.11. The van der Waals surface area contributed by atoms with E-state index in [1.165, 1.54) is 11.5 Å². The molecule has 0 fully saturated rings. The SMILES string of the molecule is C[C](C)Cc1cccc(C(=N)N)c1. The molecule has 0 aliphatic rings. The summed E-state index contributed by atoms with van der Waals surface area (Å²) in [6, 6.07) is 7.82. The maximum atomic E-state index is 7.29. The minimum atomic E-state index is 0.135. The molecule has 0 aromatic heterocycles. The summed E-state index contributed by atoms with van der Waals surface area (Å²) < 4.78 is 0. The van der Waals surface area contributed by atoms with Crippen molar-refractivity contribution in [2.24, 2.45) is 5.73 Å². The van der Waals surface area contributed by atoms with E-state index in [0.29, 0.717) is 0 Å². The Kier molecular flexibility index (Phi) is 3.07. The number of nitrogens with one attached hydrogen (secondary N) is 1. The van der Waals surface area contributed by atoms with E-state index in [9.17, 15) is 0 Å². The van der Waals surface area contributed by atoms with Crippen molar-refractivity contribution in [3.05, 3.63) is 41.3 Å². The monoisotopic (exact) mass is 175 g/mol. The van der Waals surface area contributed by atoms with Crippen molar-refractivity contribution in [1.82, 2.24) is 0 Å². The summed E-state index contributed by atoms with van der Waals surface area (Å²) in [4.78, 5) is 0. The van der Waals surface area contributed by atoms with E-state index in [1.807, 2.05) is 18.2 Å². The zero-order valence-corrected chi connectivity index (χ0v) is 8.09. The highest BCUT2D eigenvalue weighted by atomic mass is 14.7. The van der Waals surface area contributed by atoms with Crippen LogP contribution in [0.5, 0.6) is 0 Å². The quantitative estimate of drug-likeness (QED) is 0.536. The molecule has 69 valence electrons. The lowest BCUT2D eigenvalue weighted by molar-refractivity contribution is 0.956. The van der Waals surface area contributed by atoms with Crippen LogP contribution in [0.4, 0.5) is 0 Å². The van der Waals surface area contributed by atoms with Crippen molar-refractivity contribution in [1.29, 1.82) is 5.41 Å². The van der Waals surface area contributed by atoms with Gasteiger partial charge in [0.1, 0.15) is 5.84 Å². The molecular weight excluding hydrogens is 160 g/mol. The van der Waals surface area contributed by atoms with Gasteiger partial charge in [-0.25, -0.2) is 0 Å². The number of benzene rings is 1.